The number of aryl methyl sites for hydroxylation is 1. The van der Waals surface area contributed by atoms with E-state index in [-0.39, 0.29) is 25.0 Å². The highest BCUT2D eigenvalue weighted by Crippen LogP contribution is 2.34. The number of amides is 2. The molecule has 3 rings (SSSR count). The molecule has 0 unspecified atom stereocenters. The van der Waals surface area contributed by atoms with Gasteiger partial charge in [0.15, 0.2) is 6.61 Å². The Morgan fingerprint density at radius 2 is 2.00 bits per heavy atom. The van der Waals surface area contributed by atoms with Crippen LogP contribution in [0.25, 0.3) is 0 Å². The van der Waals surface area contributed by atoms with Crippen molar-refractivity contribution in [3.05, 3.63) is 58.6 Å². The molecule has 0 saturated carbocycles. The normalized spacial score (nSPS) is 13.2. The van der Waals surface area contributed by atoms with E-state index in [1.54, 1.807) is 18.2 Å². The Hall–Kier alpha value is -2.53. The number of carbonyl (C=O) groups is 2. The molecule has 24 heavy (non-hydrogen) atoms. The number of hydrogen-bond donors (Lipinski definition) is 1. The lowest BCUT2D eigenvalue weighted by atomic mass is 10.1. The molecular formula is C18H17ClN2O3. The van der Waals surface area contributed by atoms with E-state index in [0.717, 1.165) is 5.56 Å². The van der Waals surface area contributed by atoms with Crippen molar-refractivity contribution in [2.24, 2.45) is 0 Å². The van der Waals surface area contributed by atoms with E-state index in [2.05, 4.69) is 5.32 Å². The van der Waals surface area contributed by atoms with Crippen molar-refractivity contribution in [3.63, 3.8) is 0 Å². The standard InChI is InChI=1S/C18H17ClN2O3/c1-12-2-4-13(5-3-12)9-20-17(22)10-21-15-7-6-14(19)8-16(15)24-11-18(21)23/h2-8H,9-11H2,1H3,(H,20,22). The van der Waals surface area contributed by atoms with E-state index in [1.165, 1.54) is 10.5 Å². The van der Waals surface area contributed by atoms with Crippen LogP contribution in [-0.2, 0) is 16.1 Å². The van der Waals surface area contributed by atoms with Crippen LogP contribution in [-0.4, -0.2) is 25.0 Å². The highest BCUT2D eigenvalue weighted by atomic mass is 35.5. The van der Waals surface area contributed by atoms with Gasteiger partial charge in [0.2, 0.25) is 5.91 Å². The van der Waals surface area contributed by atoms with Crippen LogP contribution >= 0.6 is 11.6 Å². The van der Waals surface area contributed by atoms with Crippen LogP contribution in [0.2, 0.25) is 5.02 Å². The number of carbonyl (C=O) groups excluding carboxylic acids is 2. The Kier molecular flexibility index (Phi) is 4.71. The third-order valence-electron chi connectivity index (χ3n) is 3.78. The van der Waals surface area contributed by atoms with E-state index >= 15 is 0 Å². The molecule has 5 nitrogen and oxygen atoms in total. The van der Waals surface area contributed by atoms with E-state index in [0.29, 0.717) is 23.0 Å². The van der Waals surface area contributed by atoms with Crippen LogP contribution in [0.3, 0.4) is 0 Å². The first-order valence-corrected chi connectivity index (χ1v) is 7.96. The molecule has 0 fully saturated rings. The van der Waals surface area contributed by atoms with Gasteiger partial charge in [-0.05, 0) is 24.6 Å². The fourth-order valence-corrected chi connectivity index (χ4v) is 2.62. The molecule has 124 valence electrons. The number of rotatable bonds is 4. The fourth-order valence-electron chi connectivity index (χ4n) is 2.46. The monoisotopic (exact) mass is 344 g/mol. The number of fused-ring (bicyclic) bond motifs is 1. The largest absolute Gasteiger partial charge is 0.482 e. The zero-order chi connectivity index (χ0) is 17.1. The van der Waals surface area contributed by atoms with E-state index < -0.39 is 0 Å². The van der Waals surface area contributed by atoms with Gasteiger partial charge in [-0.2, -0.15) is 0 Å². The van der Waals surface area contributed by atoms with Gasteiger partial charge in [0.25, 0.3) is 5.91 Å². The highest BCUT2D eigenvalue weighted by molar-refractivity contribution is 6.30. The first kappa shape index (κ1) is 16.3. The number of anilines is 1. The van der Waals surface area contributed by atoms with Gasteiger partial charge < -0.3 is 10.1 Å². The second-order valence-corrected chi connectivity index (χ2v) is 6.08. The summed E-state index contributed by atoms with van der Waals surface area (Å²) in [6.45, 7) is 2.28. The maximum Gasteiger partial charge on any atom is 0.265 e. The summed E-state index contributed by atoms with van der Waals surface area (Å²) in [5, 5.41) is 3.35. The average Bonchev–Trinajstić information content (AvgIpc) is 2.57. The topological polar surface area (TPSA) is 58.6 Å². The third-order valence-corrected chi connectivity index (χ3v) is 4.01. The zero-order valence-corrected chi connectivity index (χ0v) is 14.0. The Labute approximate surface area is 145 Å². The fraction of sp³-hybridized carbons (Fsp3) is 0.222. The molecule has 0 radical (unpaired) electrons. The maximum atomic E-state index is 12.2. The van der Waals surface area contributed by atoms with Crippen LogP contribution in [0, 0.1) is 6.92 Å². The Balaban J connectivity index is 1.65. The lowest BCUT2D eigenvalue weighted by Crippen LogP contribution is -2.45. The molecule has 2 aromatic carbocycles. The number of nitrogens with one attached hydrogen (secondary N) is 1. The van der Waals surface area contributed by atoms with Gasteiger partial charge in [-0.3, -0.25) is 14.5 Å². The molecule has 2 amide bonds. The van der Waals surface area contributed by atoms with Crippen LogP contribution in [0.4, 0.5) is 5.69 Å². The van der Waals surface area contributed by atoms with Crippen molar-refractivity contribution < 1.29 is 14.3 Å². The van der Waals surface area contributed by atoms with Crippen LogP contribution < -0.4 is 15.0 Å². The molecule has 0 aliphatic carbocycles. The number of hydrogen-bond acceptors (Lipinski definition) is 3. The van der Waals surface area contributed by atoms with Crippen molar-refractivity contribution in [2.45, 2.75) is 13.5 Å². The minimum Gasteiger partial charge on any atom is -0.482 e. The minimum absolute atomic E-state index is 0.0529. The summed E-state index contributed by atoms with van der Waals surface area (Å²) in [6.07, 6.45) is 0. The van der Waals surface area contributed by atoms with Gasteiger partial charge >= 0.3 is 0 Å². The van der Waals surface area contributed by atoms with Gasteiger partial charge in [-0.15, -0.1) is 0 Å². The molecule has 1 N–H and O–H groups in total. The summed E-state index contributed by atoms with van der Waals surface area (Å²) in [6, 6.07) is 12.9. The van der Waals surface area contributed by atoms with Crippen molar-refractivity contribution in [3.8, 4) is 5.75 Å². The summed E-state index contributed by atoms with van der Waals surface area (Å²) in [7, 11) is 0. The van der Waals surface area contributed by atoms with Crippen molar-refractivity contribution >= 4 is 29.1 Å². The predicted octanol–water partition coefficient (Wildman–Crippen LogP) is 2.69. The molecule has 1 heterocycles. The predicted molar refractivity (Wildman–Crippen MR) is 92.3 cm³/mol. The van der Waals surface area contributed by atoms with Crippen molar-refractivity contribution in [1.29, 1.82) is 0 Å². The SMILES string of the molecule is Cc1ccc(CNC(=O)CN2C(=O)COc3cc(Cl)ccc32)cc1. The molecule has 0 saturated heterocycles. The smallest absolute Gasteiger partial charge is 0.265 e. The minimum atomic E-state index is -0.254. The van der Waals surface area contributed by atoms with Gasteiger partial charge in [0, 0.05) is 17.6 Å². The van der Waals surface area contributed by atoms with E-state index in [1.807, 2.05) is 31.2 Å². The summed E-state index contributed by atoms with van der Waals surface area (Å²) < 4.78 is 5.36. The molecule has 0 aromatic heterocycles. The second kappa shape index (κ2) is 6.93. The number of halogens is 1. The van der Waals surface area contributed by atoms with Crippen molar-refractivity contribution in [1.82, 2.24) is 5.32 Å². The molecule has 6 heteroatoms. The average molecular weight is 345 g/mol. The van der Waals surface area contributed by atoms with Crippen LogP contribution in [0.1, 0.15) is 11.1 Å². The summed E-state index contributed by atoms with van der Waals surface area (Å²) in [4.78, 5) is 25.7. The van der Waals surface area contributed by atoms with E-state index in [4.69, 9.17) is 16.3 Å². The first-order valence-electron chi connectivity index (χ1n) is 7.58. The summed E-state index contributed by atoms with van der Waals surface area (Å²) >= 11 is 5.93. The highest BCUT2D eigenvalue weighted by Gasteiger charge is 2.27. The molecular weight excluding hydrogens is 328 g/mol. The number of nitrogens with zero attached hydrogens (tertiary/aromatic N) is 1. The van der Waals surface area contributed by atoms with Crippen molar-refractivity contribution in [2.75, 3.05) is 18.1 Å². The molecule has 0 spiro atoms. The van der Waals surface area contributed by atoms with Gasteiger partial charge in [-0.25, -0.2) is 0 Å². The molecule has 0 atom stereocenters. The zero-order valence-electron chi connectivity index (χ0n) is 13.2. The Morgan fingerprint density at radius 1 is 1.25 bits per heavy atom. The lowest BCUT2D eigenvalue weighted by molar-refractivity contribution is -0.125. The quantitative estimate of drug-likeness (QED) is 0.927. The molecule has 0 bridgehead atoms. The van der Waals surface area contributed by atoms with Crippen LogP contribution in [0.15, 0.2) is 42.5 Å². The summed E-state index contributed by atoms with van der Waals surface area (Å²) in [5.41, 5.74) is 2.73. The Morgan fingerprint density at radius 3 is 2.75 bits per heavy atom. The van der Waals surface area contributed by atoms with Gasteiger partial charge in [0.1, 0.15) is 12.3 Å². The van der Waals surface area contributed by atoms with Gasteiger partial charge in [0.05, 0.1) is 5.69 Å². The number of ether oxygens (including phenoxy) is 1. The molecule has 1 aliphatic heterocycles. The second-order valence-electron chi connectivity index (χ2n) is 5.64. The molecule has 1 aliphatic rings. The summed E-state index contributed by atoms with van der Waals surface area (Å²) in [5.74, 6) is 0.0236. The first-order chi connectivity index (χ1) is 11.5. The molecule has 2 aromatic rings. The third kappa shape index (κ3) is 3.68. The lowest BCUT2D eigenvalue weighted by Gasteiger charge is -2.28. The maximum absolute atomic E-state index is 12.2. The van der Waals surface area contributed by atoms with Gasteiger partial charge in [-0.1, -0.05) is 41.4 Å². The number of benzene rings is 2. The Bertz CT molecular complexity index is 774. The van der Waals surface area contributed by atoms with Crippen LogP contribution in [0.5, 0.6) is 5.75 Å². The van der Waals surface area contributed by atoms with E-state index in [9.17, 15) is 9.59 Å².